The topological polar surface area (TPSA) is 46.4 Å². The van der Waals surface area contributed by atoms with Crippen LogP contribution >= 0.6 is 11.3 Å². The van der Waals surface area contributed by atoms with Crippen LogP contribution in [0.4, 0.5) is 10.8 Å². The van der Waals surface area contributed by atoms with E-state index < -0.39 is 0 Å². The molecule has 4 aromatic rings. The second-order valence-corrected chi connectivity index (χ2v) is 6.30. The molecule has 0 bridgehead atoms. The van der Waals surface area contributed by atoms with Gasteiger partial charge in [-0.1, -0.05) is 53.6 Å². The fourth-order valence-corrected chi connectivity index (χ4v) is 3.42. The number of rotatable bonds is 3. The third-order valence-corrected chi connectivity index (χ3v) is 4.77. The highest BCUT2D eigenvalue weighted by molar-refractivity contribution is 7.12. The van der Waals surface area contributed by atoms with E-state index in [2.05, 4.69) is 51.2 Å². The smallest absolute Gasteiger partial charge is 0.342 e. The fraction of sp³-hybridized carbons (Fsp3) is 0.111. The number of azo groups is 1. The zero-order valence-electron chi connectivity index (χ0n) is 13.4. The van der Waals surface area contributed by atoms with Crippen LogP contribution in [0.15, 0.2) is 70.3 Å². The van der Waals surface area contributed by atoms with E-state index in [0.717, 1.165) is 33.0 Å². The van der Waals surface area contributed by atoms with Crippen molar-refractivity contribution in [1.29, 1.82) is 0 Å². The lowest BCUT2D eigenvalue weighted by Crippen LogP contribution is -2.28. The summed E-state index contributed by atoms with van der Waals surface area (Å²) in [5.74, 6) is 0. The lowest BCUT2D eigenvalue weighted by Gasteiger charge is -2.04. The highest BCUT2D eigenvalue weighted by atomic mass is 32.1. The van der Waals surface area contributed by atoms with Crippen LogP contribution in [0.2, 0.25) is 0 Å². The quantitative estimate of drug-likeness (QED) is 0.401. The Morgan fingerprint density at radius 1 is 1.00 bits per heavy atom. The van der Waals surface area contributed by atoms with E-state index in [1.54, 1.807) is 10.2 Å². The van der Waals surface area contributed by atoms with Crippen molar-refractivity contribution >= 4 is 33.1 Å². The van der Waals surface area contributed by atoms with Gasteiger partial charge in [-0.25, -0.2) is 0 Å². The normalized spacial score (nSPS) is 11.6. The van der Waals surface area contributed by atoms with Crippen molar-refractivity contribution in [1.82, 2.24) is 9.67 Å². The zero-order chi connectivity index (χ0) is 16.5. The van der Waals surface area contributed by atoms with Crippen LogP contribution in [0.5, 0.6) is 0 Å². The molecule has 0 radical (unpaired) electrons. The number of para-hydroxylation sites is 1. The van der Waals surface area contributed by atoms with E-state index in [4.69, 9.17) is 0 Å². The largest absolute Gasteiger partial charge is 0.429 e. The molecule has 0 atom stereocenters. The SMILES string of the molecule is Cn1c(-c2ccccc2)c(N=Nc2scn[n+]2C)c2ccccc21. The minimum Gasteiger partial charge on any atom is -0.342 e. The standard InChI is InChI=1S/C18H16N5S/c1-22-15-11-7-6-10-14(15)16(17(22)13-8-4-3-5-9-13)20-21-18-23(2)19-12-24-18/h3-12H,1-2H3/q+1. The Balaban J connectivity index is 1.96. The van der Waals surface area contributed by atoms with Crippen molar-refractivity contribution in [3.63, 3.8) is 0 Å². The molecule has 0 N–H and O–H groups in total. The van der Waals surface area contributed by atoms with Crippen LogP contribution in [-0.2, 0) is 14.1 Å². The van der Waals surface area contributed by atoms with Gasteiger partial charge in [-0.3, -0.25) is 0 Å². The van der Waals surface area contributed by atoms with Crippen molar-refractivity contribution in [2.45, 2.75) is 0 Å². The average molecular weight is 334 g/mol. The second kappa shape index (κ2) is 5.98. The molecule has 2 aromatic carbocycles. The summed E-state index contributed by atoms with van der Waals surface area (Å²) in [7, 11) is 3.93. The van der Waals surface area contributed by atoms with Gasteiger partial charge in [0.2, 0.25) is 0 Å². The van der Waals surface area contributed by atoms with Gasteiger partial charge in [0.05, 0.1) is 16.3 Å². The molecule has 0 spiro atoms. The summed E-state index contributed by atoms with van der Waals surface area (Å²) in [4.78, 5) is 0. The first-order chi connectivity index (χ1) is 11.8. The minimum atomic E-state index is 0.766. The molecule has 0 amide bonds. The lowest BCUT2D eigenvalue weighted by atomic mass is 10.1. The van der Waals surface area contributed by atoms with E-state index in [9.17, 15) is 0 Å². The number of nitrogens with zero attached hydrogens (tertiary/aromatic N) is 5. The molecule has 6 heteroatoms. The van der Waals surface area contributed by atoms with Gasteiger partial charge in [0.25, 0.3) is 0 Å². The Morgan fingerprint density at radius 2 is 1.75 bits per heavy atom. The predicted octanol–water partition coefficient (Wildman–Crippen LogP) is 4.54. The van der Waals surface area contributed by atoms with E-state index in [-0.39, 0.29) is 0 Å². The summed E-state index contributed by atoms with van der Waals surface area (Å²) >= 11 is 1.47. The van der Waals surface area contributed by atoms with Crippen molar-refractivity contribution in [3.8, 4) is 11.3 Å². The molecule has 0 saturated heterocycles. The average Bonchev–Trinajstić information content (AvgIpc) is 3.15. The Kier molecular flexibility index (Phi) is 3.66. The van der Waals surface area contributed by atoms with Gasteiger partial charge in [0.1, 0.15) is 18.2 Å². The van der Waals surface area contributed by atoms with E-state index >= 15 is 0 Å². The minimum absolute atomic E-state index is 0.766. The van der Waals surface area contributed by atoms with Crippen LogP contribution in [0.1, 0.15) is 0 Å². The van der Waals surface area contributed by atoms with Crippen molar-refractivity contribution in [3.05, 3.63) is 60.1 Å². The van der Waals surface area contributed by atoms with E-state index in [0.29, 0.717) is 0 Å². The second-order valence-electron chi connectivity index (χ2n) is 5.48. The summed E-state index contributed by atoms with van der Waals surface area (Å²) in [6, 6.07) is 18.6. The van der Waals surface area contributed by atoms with Gasteiger partial charge in [-0.2, -0.15) is 0 Å². The third-order valence-electron chi connectivity index (χ3n) is 4.02. The monoisotopic (exact) mass is 334 g/mol. The van der Waals surface area contributed by atoms with Gasteiger partial charge >= 0.3 is 5.13 Å². The summed E-state index contributed by atoms with van der Waals surface area (Å²) in [5, 5.41) is 15.0. The van der Waals surface area contributed by atoms with Crippen LogP contribution in [0.3, 0.4) is 0 Å². The first-order valence-electron chi connectivity index (χ1n) is 7.60. The number of aromatic nitrogens is 3. The fourth-order valence-electron chi connectivity index (χ4n) is 2.85. The number of aryl methyl sites for hydroxylation is 2. The maximum absolute atomic E-state index is 4.59. The highest BCUT2D eigenvalue weighted by Crippen LogP contribution is 2.40. The molecule has 0 aliphatic rings. The van der Waals surface area contributed by atoms with Crippen LogP contribution in [-0.4, -0.2) is 9.67 Å². The molecule has 0 aliphatic carbocycles. The summed E-state index contributed by atoms with van der Waals surface area (Å²) in [6.07, 6.45) is 0. The van der Waals surface area contributed by atoms with Crippen LogP contribution in [0.25, 0.3) is 22.2 Å². The first-order valence-corrected chi connectivity index (χ1v) is 8.48. The van der Waals surface area contributed by atoms with Gasteiger partial charge in [-0.05, 0) is 22.5 Å². The highest BCUT2D eigenvalue weighted by Gasteiger charge is 2.19. The number of hydrogen-bond acceptors (Lipinski definition) is 4. The summed E-state index contributed by atoms with van der Waals surface area (Å²) < 4.78 is 3.90. The van der Waals surface area contributed by atoms with Crippen LogP contribution < -0.4 is 4.68 Å². The molecule has 4 rings (SSSR count). The molecule has 2 aromatic heterocycles. The lowest BCUT2D eigenvalue weighted by molar-refractivity contribution is -0.713. The van der Waals surface area contributed by atoms with Gasteiger partial charge in [0, 0.05) is 18.0 Å². The van der Waals surface area contributed by atoms with E-state index in [1.807, 2.05) is 37.4 Å². The Labute approximate surface area is 143 Å². The number of hydrogen-bond donors (Lipinski definition) is 0. The van der Waals surface area contributed by atoms with Gasteiger partial charge < -0.3 is 4.57 Å². The van der Waals surface area contributed by atoms with Crippen molar-refractivity contribution in [2.75, 3.05) is 0 Å². The van der Waals surface area contributed by atoms with Crippen molar-refractivity contribution in [2.24, 2.45) is 24.3 Å². The molecule has 0 saturated carbocycles. The molecule has 2 heterocycles. The molecule has 118 valence electrons. The molecule has 0 fully saturated rings. The molecule has 0 aliphatic heterocycles. The molecular formula is C18H16N5S+. The Bertz CT molecular complexity index is 1030. The summed E-state index contributed by atoms with van der Waals surface area (Å²) in [5.41, 5.74) is 5.97. The van der Waals surface area contributed by atoms with Crippen LogP contribution in [0, 0.1) is 0 Å². The summed E-state index contributed by atoms with van der Waals surface area (Å²) in [6.45, 7) is 0. The predicted molar refractivity (Wildman–Crippen MR) is 95.8 cm³/mol. The molecule has 0 unspecified atom stereocenters. The number of fused-ring (bicyclic) bond motifs is 1. The third kappa shape index (κ3) is 2.41. The molecular weight excluding hydrogens is 318 g/mol. The van der Waals surface area contributed by atoms with Crippen molar-refractivity contribution < 1.29 is 4.68 Å². The maximum atomic E-state index is 4.59. The molecule has 5 nitrogen and oxygen atoms in total. The first kappa shape index (κ1) is 14.7. The maximum Gasteiger partial charge on any atom is 0.429 e. The number of benzene rings is 2. The van der Waals surface area contributed by atoms with Gasteiger partial charge in [-0.15, -0.1) is 4.68 Å². The van der Waals surface area contributed by atoms with E-state index in [1.165, 1.54) is 11.3 Å². The Hall–Kier alpha value is -2.86. The Morgan fingerprint density at radius 3 is 2.50 bits per heavy atom. The zero-order valence-corrected chi connectivity index (χ0v) is 14.2. The molecule has 24 heavy (non-hydrogen) atoms. The van der Waals surface area contributed by atoms with Gasteiger partial charge in [0.15, 0.2) is 0 Å².